The van der Waals surface area contributed by atoms with Gasteiger partial charge >= 0.3 is 0 Å². The zero-order chi connectivity index (χ0) is 11.8. The molecule has 16 heavy (non-hydrogen) atoms. The summed E-state index contributed by atoms with van der Waals surface area (Å²) < 4.78 is 0. The van der Waals surface area contributed by atoms with Crippen LogP contribution in [0.15, 0.2) is 0 Å². The topological polar surface area (TPSA) is 35.5 Å². The minimum Gasteiger partial charge on any atom is -0.390 e. The molecule has 0 amide bonds. The SMILES string of the molecule is CC(C)(C)N[C@H]1CCCC[C@@H]1N1CC(O)C1. The molecular weight excluding hydrogens is 200 g/mol. The highest BCUT2D eigenvalue weighted by Gasteiger charge is 2.37. The highest BCUT2D eigenvalue weighted by atomic mass is 16.3. The molecule has 1 saturated heterocycles. The lowest BCUT2D eigenvalue weighted by atomic mass is 9.86. The maximum atomic E-state index is 9.41. The van der Waals surface area contributed by atoms with Gasteiger partial charge in [-0.15, -0.1) is 0 Å². The standard InChI is InChI=1S/C13H26N2O/c1-13(2,3)14-11-6-4-5-7-12(11)15-8-10(16)9-15/h10-12,14,16H,4-9H2,1-3H3/t11-,12-/m0/s1. The molecule has 0 bridgehead atoms. The molecule has 0 spiro atoms. The molecule has 3 heteroatoms. The monoisotopic (exact) mass is 226 g/mol. The Morgan fingerprint density at radius 1 is 1.12 bits per heavy atom. The first kappa shape index (κ1) is 12.3. The quantitative estimate of drug-likeness (QED) is 0.746. The molecule has 0 radical (unpaired) electrons. The summed E-state index contributed by atoms with van der Waals surface area (Å²) in [6.07, 6.45) is 5.20. The van der Waals surface area contributed by atoms with Crippen LogP contribution in [0, 0.1) is 0 Å². The van der Waals surface area contributed by atoms with Crippen LogP contribution in [0.4, 0.5) is 0 Å². The Morgan fingerprint density at radius 3 is 2.31 bits per heavy atom. The smallest absolute Gasteiger partial charge is 0.0794 e. The van der Waals surface area contributed by atoms with Crippen molar-refractivity contribution in [2.75, 3.05) is 13.1 Å². The van der Waals surface area contributed by atoms with E-state index in [0.717, 1.165) is 13.1 Å². The first-order chi connectivity index (χ1) is 7.46. The molecule has 1 aliphatic carbocycles. The van der Waals surface area contributed by atoms with Gasteiger partial charge in [-0.2, -0.15) is 0 Å². The third kappa shape index (κ3) is 2.96. The van der Waals surface area contributed by atoms with Gasteiger partial charge in [0, 0.05) is 30.7 Å². The lowest BCUT2D eigenvalue weighted by Gasteiger charge is -2.48. The van der Waals surface area contributed by atoms with Gasteiger partial charge in [-0.05, 0) is 33.6 Å². The molecule has 3 nitrogen and oxygen atoms in total. The molecule has 0 unspecified atom stereocenters. The predicted molar refractivity (Wildman–Crippen MR) is 66.5 cm³/mol. The van der Waals surface area contributed by atoms with E-state index < -0.39 is 0 Å². The zero-order valence-corrected chi connectivity index (χ0v) is 10.9. The van der Waals surface area contributed by atoms with Crippen LogP contribution in [0.3, 0.4) is 0 Å². The van der Waals surface area contributed by atoms with Gasteiger partial charge in [-0.1, -0.05) is 12.8 Å². The maximum Gasteiger partial charge on any atom is 0.0794 e. The summed E-state index contributed by atoms with van der Waals surface area (Å²) in [5.41, 5.74) is 0.198. The third-order valence-corrected chi connectivity index (χ3v) is 3.71. The van der Waals surface area contributed by atoms with E-state index in [2.05, 4.69) is 31.0 Å². The lowest BCUT2D eigenvalue weighted by Crippen LogP contribution is -2.63. The molecule has 2 atom stereocenters. The minimum absolute atomic E-state index is 0.0720. The second-order valence-electron chi connectivity index (χ2n) is 6.46. The van der Waals surface area contributed by atoms with Crippen molar-refractivity contribution in [1.29, 1.82) is 0 Å². The average molecular weight is 226 g/mol. The normalized spacial score (nSPS) is 33.8. The summed E-state index contributed by atoms with van der Waals surface area (Å²) in [6.45, 7) is 8.48. The summed E-state index contributed by atoms with van der Waals surface area (Å²) >= 11 is 0. The van der Waals surface area contributed by atoms with Crippen LogP contribution in [0.1, 0.15) is 46.5 Å². The van der Waals surface area contributed by atoms with E-state index in [-0.39, 0.29) is 11.6 Å². The molecule has 0 aromatic rings. The van der Waals surface area contributed by atoms with Crippen LogP contribution >= 0.6 is 0 Å². The van der Waals surface area contributed by atoms with Crippen molar-refractivity contribution in [2.45, 2.75) is 70.2 Å². The fourth-order valence-corrected chi connectivity index (χ4v) is 3.03. The van der Waals surface area contributed by atoms with Gasteiger partial charge in [-0.3, -0.25) is 4.90 Å². The Labute approximate surface area is 99.2 Å². The predicted octanol–water partition coefficient (Wildman–Crippen LogP) is 1.36. The van der Waals surface area contributed by atoms with Gasteiger partial charge in [0.2, 0.25) is 0 Å². The van der Waals surface area contributed by atoms with E-state index in [1.165, 1.54) is 25.7 Å². The minimum atomic E-state index is -0.0720. The Bertz CT molecular complexity index is 231. The zero-order valence-electron chi connectivity index (χ0n) is 10.9. The fraction of sp³-hybridized carbons (Fsp3) is 1.00. The highest BCUT2D eigenvalue weighted by molar-refractivity contribution is 4.95. The molecule has 0 aromatic carbocycles. The highest BCUT2D eigenvalue weighted by Crippen LogP contribution is 2.27. The van der Waals surface area contributed by atoms with E-state index >= 15 is 0 Å². The maximum absolute atomic E-state index is 9.41. The Kier molecular flexibility index (Phi) is 3.57. The van der Waals surface area contributed by atoms with Crippen LogP contribution in [0.2, 0.25) is 0 Å². The van der Waals surface area contributed by atoms with Crippen LogP contribution in [0.5, 0.6) is 0 Å². The largest absolute Gasteiger partial charge is 0.390 e. The van der Waals surface area contributed by atoms with Crippen molar-refractivity contribution in [3.8, 4) is 0 Å². The van der Waals surface area contributed by atoms with Crippen molar-refractivity contribution in [3.63, 3.8) is 0 Å². The van der Waals surface area contributed by atoms with Crippen molar-refractivity contribution in [3.05, 3.63) is 0 Å². The molecule has 1 heterocycles. The summed E-state index contributed by atoms with van der Waals surface area (Å²) in [7, 11) is 0. The first-order valence-electron chi connectivity index (χ1n) is 6.65. The summed E-state index contributed by atoms with van der Waals surface area (Å²) in [5.74, 6) is 0. The third-order valence-electron chi connectivity index (χ3n) is 3.71. The molecule has 1 aliphatic heterocycles. The molecule has 2 fully saturated rings. The Hall–Kier alpha value is -0.120. The first-order valence-corrected chi connectivity index (χ1v) is 6.65. The number of hydrogen-bond acceptors (Lipinski definition) is 3. The number of aliphatic hydroxyl groups excluding tert-OH is 1. The van der Waals surface area contributed by atoms with Crippen LogP contribution in [0.25, 0.3) is 0 Å². The lowest BCUT2D eigenvalue weighted by molar-refractivity contribution is -0.0442. The van der Waals surface area contributed by atoms with Crippen LogP contribution < -0.4 is 5.32 Å². The fourth-order valence-electron chi connectivity index (χ4n) is 3.03. The van der Waals surface area contributed by atoms with Gasteiger partial charge in [0.1, 0.15) is 0 Å². The number of likely N-dealkylation sites (tertiary alicyclic amines) is 1. The van der Waals surface area contributed by atoms with Gasteiger partial charge in [0.15, 0.2) is 0 Å². The molecular formula is C13H26N2O. The van der Waals surface area contributed by atoms with Gasteiger partial charge < -0.3 is 10.4 Å². The van der Waals surface area contributed by atoms with E-state index in [1.54, 1.807) is 0 Å². The van der Waals surface area contributed by atoms with Crippen LogP contribution in [-0.4, -0.2) is 46.8 Å². The summed E-state index contributed by atoms with van der Waals surface area (Å²) in [5, 5.41) is 13.2. The Morgan fingerprint density at radius 2 is 1.75 bits per heavy atom. The molecule has 0 aromatic heterocycles. The number of β-amino-alcohol motifs (C(OH)–C–C–N with tert-alkyl or cyclic N) is 1. The molecule has 1 saturated carbocycles. The summed E-state index contributed by atoms with van der Waals surface area (Å²) in [6, 6.07) is 1.26. The number of aliphatic hydroxyl groups is 1. The average Bonchev–Trinajstić information content (AvgIpc) is 2.12. The van der Waals surface area contributed by atoms with Gasteiger partial charge in [0.05, 0.1) is 6.10 Å². The summed E-state index contributed by atoms with van der Waals surface area (Å²) in [4.78, 5) is 2.45. The van der Waals surface area contributed by atoms with Gasteiger partial charge in [-0.25, -0.2) is 0 Å². The van der Waals surface area contributed by atoms with E-state index in [4.69, 9.17) is 0 Å². The Balaban J connectivity index is 1.92. The number of hydrogen-bond donors (Lipinski definition) is 2. The van der Waals surface area contributed by atoms with E-state index in [0.29, 0.717) is 12.1 Å². The number of nitrogens with one attached hydrogen (secondary N) is 1. The van der Waals surface area contributed by atoms with Crippen LogP contribution in [-0.2, 0) is 0 Å². The van der Waals surface area contributed by atoms with Gasteiger partial charge in [0.25, 0.3) is 0 Å². The molecule has 2 rings (SSSR count). The number of nitrogens with zero attached hydrogens (tertiary/aromatic N) is 1. The van der Waals surface area contributed by atoms with Crippen molar-refractivity contribution in [1.82, 2.24) is 10.2 Å². The molecule has 94 valence electrons. The van der Waals surface area contributed by atoms with E-state index in [1.807, 2.05) is 0 Å². The molecule has 2 N–H and O–H groups in total. The van der Waals surface area contributed by atoms with Crippen molar-refractivity contribution in [2.24, 2.45) is 0 Å². The molecule has 2 aliphatic rings. The van der Waals surface area contributed by atoms with Crippen molar-refractivity contribution >= 4 is 0 Å². The van der Waals surface area contributed by atoms with Crippen molar-refractivity contribution < 1.29 is 5.11 Å². The second-order valence-corrected chi connectivity index (χ2v) is 6.46. The van der Waals surface area contributed by atoms with E-state index in [9.17, 15) is 5.11 Å². The number of rotatable bonds is 2. The second kappa shape index (κ2) is 4.63.